The number of fused-ring (bicyclic) bond motifs is 1. The highest BCUT2D eigenvalue weighted by molar-refractivity contribution is 5.85. The molecule has 20 heavy (non-hydrogen) atoms. The summed E-state index contributed by atoms with van der Waals surface area (Å²) < 4.78 is 0. The van der Waals surface area contributed by atoms with Gasteiger partial charge in [0.25, 0.3) is 0 Å². The zero-order chi connectivity index (χ0) is 14.6. The zero-order valence-electron chi connectivity index (χ0n) is 12.4. The van der Waals surface area contributed by atoms with Gasteiger partial charge in [-0.25, -0.2) is 0 Å². The standard InChI is InChI=1S/C17H22N2O/c1-3-17(4-2,13-18)16(20)19-11-9-14-7-5-6-8-15(14)10-12-19/h5-8H,3-4,9-12H2,1-2H3. The van der Waals surface area contributed by atoms with Crippen molar-refractivity contribution in [1.82, 2.24) is 4.90 Å². The lowest BCUT2D eigenvalue weighted by Gasteiger charge is -2.30. The molecule has 0 radical (unpaired) electrons. The number of amides is 1. The van der Waals surface area contributed by atoms with E-state index in [1.54, 1.807) is 0 Å². The van der Waals surface area contributed by atoms with Crippen molar-refractivity contribution in [2.24, 2.45) is 5.41 Å². The summed E-state index contributed by atoms with van der Waals surface area (Å²) in [5, 5.41) is 9.42. The van der Waals surface area contributed by atoms with Crippen molar-refractivity contribution in [3.05, 3.63) is 35.4 Å². The molecule has 1 amide bonds. The third-order valence-electron chi connectivity index (χ3n) is 4.54. The first-order chi connectivity index (χ1) is 9.66. The number of rotatable bonds is 3. The van der Waals surface area contributed by atoms with Gasteiger partial charge < -0.3 is 4.90 Å². The van der Waals surface area contributed by atoms with Gasteiger partial charge in [-0.05, 0) is 36.8 Å². The van der Waals surface area contributed by atoms with E-state index < -0.39 is 5.41 Å². The number of hydrogen-bond acceptors (Lipinski definition) is 2. The number of benzene rings is 1. The normalized spacial score (nSPS) is 15.2. The molecule has 1 aliphatic heterocycles. The number of carbonyl (C=O) groups excluding carboxylic acids is 1. The number of carbonyl (C=O) groups is 1. The lowest BCUT2D eigenvalue weighted by molar-refractivity contribution is -0.139. The molecule has 0 atom stereocenters. The first-order valence-electron chi connectivity index (χ1n) is 7.44. The Morgan fingerprint density at radius 2 is 1.70 bits per heavy atom. The van der Waals surface area contributed by atoms with Crippen molar-refractivity contribution in [1.29, 1.82) is 5.26 Å². The molecule has 2 rings (SSSR count). The first-order valence-corrected chi connectivity index (χ1v) is 7.44. The summed E-state index contributed by atoms with van der Waals surface area (Å²) in [6.45, 7) is 5.30. The molecule has 0 saturated heterocycles. The van der Waals surface area contributed by atoms with Crippen LogP contribution in [0.3, 0.4) is 0 Å². The topological polar surface area (TPSA) is 44.1 Å². The maximum atomic E-state index is 12.7. The summed E-state index contributed by atoms with van der Waals surface area (Å²) in [5.41, 5.74) is 1.83. The van der Waals surface area contributed by atoms with Gasteiger partial charge >= 0.3 is 0 Å². The Morgan fingerprint density at radius 1 is 1.20 bits per heavy atom. The van der Waals surface area contributed by atoms with Crippen LogP contribution in [0, 0.1) is 16.7 Å². The fourth-order valence-electron chi connectivity index (χ4n) is 2.93. The van der Waals surface area contributed by atoms with Gasteiger partial charge in [0.15, 0.2) is 0 Å². The first kappa shape index (κ1) is 14.6. The minimum absolute atomic E-state index is 0.0119. The molecule has 1 aliphatic rings. The smallest absolute Gasteiger partial charge is 0.243 e. The summed E-state index contributed by atoms with van der Waals surface area (Å²) in [7, 11) is 0. The molecule has 3 heteroatoms. The molecule has 106 valence electrons. The lowest BCUT2D eigenvalue weighted by Crippen LogP contribution is -2.44. The van der Waals surface area contributed by atoms with Gasteiger partial charge in [0, 0.05) is 13.1 Å². The van der Waals surface area contributed by atoms with Crippen molar-refractivity contribution in [2.75, 3.05) is 13.1 Å². The second-order valence-corrected chi connectivity index (χ2v) is 5.46. The SMILES string of the molecule is CCC(C#N)(CC)C(=O)N1CCc2ccccc2CC1. The largest absolute Gasteiger partial charge is 0.341 e. The Labute approximate surface area is 121 Å². The van der Waals surface area contributed by atoms with Crippen LogP contribution >= 0.6 is 0 Å². The van der Waals surface area contributed by atoms with Gasteiger partial charge in [-0.3, -0.25) is 4.79 Å². The van der Waals surface area contributed by atoms with Gasteiger partial charge in [0.1, 0.15) is 5.41 Å². The Hall–Kier alpha value is -1.82. The van der Waals surface area contributed by atoms with Gasteiger partial charge in [0.05, 0.1) is 6.07 Å². The Morgan fingerprint density at radius 3 is 2.10 bits per heavy atom. The van der Waals surface area contributed by atoms with Crippen molar-refractivity contribution < 1.29 is 4.79 Å². The van der Waals surface area contributed by atoms with Crippen LogP contribution in [0.1, 0.15) is 37.8 Å². The fourth-order valence-corrected chi connectivity index (χ4v) is 2.93. The maximum absolute atomic E-state index is 12.7. The second kappa shape index (κ2) is 6.09. The van der Waals surface area contributed by atoms with Crippen LogP contribution in [-0.2, 0) is 17.6 Å². The monoisotopic (exact) mass is 270 g/mol. The van der Waals surface area contributed by atoms with Crippen LogP contribution < -0.4 is 0 Å². The van der Waals surface area contributed by atoms with E-state index in [1.165, 1.54) is 11.1 Å². The molecule has 3 nitrogen and oxygen atoms in total. The average Bonchev–Trinajstić information content (AvgIpc) is 2.72. The Bertz CT molecular complexity index is 499. The minimum Gasteiger partial charge on any atom is -0.341 e. The van der Waals surface area contributed by atoms with Gasteiger partial charge in [-0.1, -0.05) is 38.1 Å². The molecule has 1 aromatic rings. The highest BCUT2D eigenvalue weighted by atomic mass is 16.2. The Balaban J connectivity index is 2.17. The third-order valence-corrected chi connectivity index (χ3v) is 4.54. The van der Waals surface area contributed by atoms with Crippen molar-refractivity contribution in [3.63, 3.8) is 0 Å². The molecule has 1 aromatic carbocycles. The second-order valence-electron chi connectivity index (χ2n) is 5.46. The highest BCUT2D eigenvalue weighted by Crippen LogP contribution is 2.29. The van der Waals surface area contributed by atoms with Gasteiger partial charge in [-0.2, -0.15) is 5.26 Å². The summed E-state index contributed by atoms with van der Waals surface area (Å²) in [6.07, 6.45) is 2.94. The van der Waals surface area contributed by atoms with Crippen LogP contribution in [0.5, 0.6) is 0 Å². The molecular weight excluding hydrogens is 248 g/mol. The summed E-state index contributed by atoms with van der Waals surface area (Å²) in [6, 6.07) is 10.6. The molecule has 0 bridgehead atoms. The molecular formula is C17H22N2O. The summed E-state index contributed by atoms with van der Waals surface area (Å²) in [5.74, 6) is 0.0119. The minimum atomic E-state index is -0.837. The van der Waals surface area contributed by atoms with Crippen molar-refractivity contribution in [2.45, 2.75) is 39.5 Å². The van der Waals surface area contributed by atoms with Crippen molar-refractivity contribution >= 4 is 5.91 Å². The predicted octanol–water partition coefficient (Wildman–Crippen LogP) is 2.94. The molecule has 0 spiro atoms. The van der Waals surface area contributed by atoms with E-state index >= 15 is 0 Å². The van der Waals surface area contributed by atoms with E-state index in [0.717, 1.165) is 25.9 Å². The van der Waals surface area contributed by atoms with E-state index in [2.05, 4.69) is 18.2 Å². The van der Waals surface area contributed by atoms with E-state index in [0.29, 0.717) is 12.8 Å². The molecule has 0 aromatic heterocycles. The van der Waals surface area contributed by atoms with Crippen LogP contribution in [0.15, 0.2) is 24.3 Å². The number of nitriles is 1. The quantitative estimate of drug-likeness (QED) is 0.847. The summed E-state index contributed by atoms with van der Waals surface area (Å²) in [4.78, 5) is 14.6. The highest BCUT2D eigenvalue weighted by Gasteiger charge is 2.38. The Kier molecular flexibility index (Phi) is 4.44. The predicted molar refractivity (Wildman–Crippen MR) is 79.1 cm³/mol. The molecule has 0 saturated carbocycles. The van der Waals surface area contributed by atoms with E-state index in [9.17, 15) is 10.1 Å². The molecule has 1 heterocycles. The van der Waals surface area contributed by atoms with E-state index in [1.807, 2.05) is 30.9 Å². The molecule has 0 N–H and O–H groups in total. The number of nitrogens with zero attached hydrogens (tertiary/aromatic N) is 2. The van der Waals surface area contributed by atoms with Crippen LogP contribution in [0.4, 0.5) is 0 Å². The molecule has 0 unspecified atom stereocenters. The van der Waals surface area contributed by atoms with E-state index in [4.69, 9.17) is 0 Å². The summed E-state index contributed by atoms with van der Waals surface area (Å²) >= 11 is 0. The molecule has 0 fully saturated rings. The van der Waals surface area contributed by atoms with Gasteiger partial charge in [-0.15, -0.1) is 0 Å². The van der Waals surface area contributed by atoms with Crippen LogP contribution in [0.25, 0.3) is 0 Å². The molecule has 0 aliphatic carbocycles. The average molecular weight is 270 g/mol. The van der Waals surface area contributed by atoms with Gasteiger partial charge in [0.2, 0.25) is 5.91 Å². The lowest BCUT2D eigenvalue weighted by atomic mass is 9.82. The van der Waals surface area contributed by atoms with Crippen LogP contribution in [-0.4, -0.2) is 23.9 Å². The number of hydrogen-bond donors (Lipinski definition) is 0. The van der Waals surface area contributed by atoms with Crippen LogP contribution in [0.2, 0.25) is 0 Å². The van der Waals surface area contributed by atoms with Crippen molar-refractivity contribution in [3.8, 4) is 6.07 Å². The van der Waals surface area contributed by atoms with E-state index in [-0.39, 0.29) is 5.91 Å². The maximum Gasteiger partial charge on any atom is 0.243 e. The zero-order valence-corrected chi connectivity index (χ0v) is 12.4. The third kappa shape index (κ3) is 2.56. The fraction of sp³-hybridized carbons (Fsp3) is 0.529.